The predicted molar refractivity (Wildman–Crippen MR) is 78.1 cm³/mol. The summed E-state index contributed by atoms with van der Waals surface area (Å²) >= 11 is 5.81. The van der Waals surface area contributed by atoms with Crippen LogP contribution in [0.2, 0.25) is 5.02 Å². The molecule has 5 heteroatoms. The standard InChI is InChI=1S/C15H19ClN2O2/c16-12-5-3-11(4-6-12)15(19)17-8-14-9-18-7-1-2-13(18)10-20-14/h3-6,13-14H,1-2,7-10H2,(H,17,19)/t13-,14+/m0/s1. The van der Waals surface area contributed by atoms with E-state index in [4.69, 9.17) is 16.3 Å². The Morgan fingerprint density at radius 1 is 1.40 bits per heavy atom. The van der Waals surface area contributed by atoms with E-state index in [9.17, 15) is 4.79 Å². The Bertz CT molecular complexity index is 477. The maximum Gasteiger partial charge on any atom is 0.251 e. The van der Waals surface area contributed by atoms with Gasteiger partial charge in [0, 0.05) is 29.7 Å². The van der Waals surface area contributed by atoms with Crippen molar-refractivity contribution in [1.82, 2.24) is 10.2 Å². The van der Waals surface area contributed by atoms with Crippen LogP contribution < -0.4 is 5.32 Å². The molecule has 0 radical (unpaired) electrons. The number of benzene rings is 1. The smallest absolute Gasteiger partial charge is 0.251 e. The summed E-state index contributed by atoms with van der Waals surface area (Å²) in [7, 11) is 0. The molecule has 0 spiro atoms. The van der Waals surface area contributed by atoms with E-state index < -0.39 is 0 Å². The average molecular weight is 295 g/mol. The lowest BCUT2D eigenvalue weighted by Crippen LogP contribution is -2.50. The number of fused-ring (bicyclic) bond motifs is 1. The zero-order chi connectivity index (χ0) is 13.9. The van der Waals surface area contributed by atoms with Gasteiger partial charge in [-0.1, -0.05) is 11.6 Å². The molecular formula is C15H19ClN2O2. The van der Waals surface area contributed by atoms with Crippen LogP contribution in [0.4, 0.5) is 0 Å². The van der Waals surface area contributed by atoms with E-state index in [1.165, 1.54) is 12.8 Å². The van der Waals surface area contributed by atoms with Gasteiger partial charge in [-0.05, 0) is 43.7 Å². The molecular weight excluding hydrogens is 276 g/mol. The average Bonchev–Trinajstić information content (AvgIpc) is 2.93. The van der Waals surface area contributed by atoms with E-state index in [0.717, 1.165) is 19.7 Å². The first-order chi connectivity index (χ1) is 9.72. The lowest BCUT2D eigenvalue weighted by atomic mass is 10.1. The van der Waals surface area contributed by atoms with Crippen molar-refractivity contribution >= 4 is 17.5 Å². The van der Waals surface area contributed by atoms with E-state index in [1.54, 1.807) is 24.3 Å². The van der Waals surface area contributed by atoms with E-state index >= 15 is 0 Å². The van der Waals surface area contributed by atoms with E-state index in [1.807, 2.05) is 0 Å². The van der Waals surface area contributed by atoms with Crippen molar-refractivity contribution < 1.29 is 9.53 Å². The third-order valence-electron chi connectivity index (χ3n) is 4.06. The fourth-order valence-corrected chi connectivity index (χ4v) is 3.04. The fraction of sp³-hybridized carbons (Fsp3) is 0.533. The molecule has 2 aliphatic heterocycles. The summed E-state index contributed by atoms with van der Waals surface area (Å²) in [6.45, 7) is 3.44. The van der Waals surface area contributed by atoms with Crippen LogP contribution >= 0.6 is 11.6 Å². The van der Waals surface area contributed by atoms with Gasteiger partial charge in [0.05, 0.1) is 12.7 Å². The fourth-order valence-electron chi connectivity index (χ4n) is 2.92. The maximum atomic E-state index is 12.0. The van der Waals surface area contributed by atoms with Gasteiger partial charge in [-0.2, -0.15) is 0 Å². The molecule has 0 aromatic heterocycles. The van der Waals surface area contributed by atoms with E-state index in [0.29, 0.717) is 23.2 Å². The number of ether oxygens (including phenoxy) is 1. The van der Waals surface area contributed by atoms with Crippen molar-refractivity contribution in [3.63, 3.8) is 0 Å². The summed E-state index contributed by atoms with van der Waals surface area (Å²) in [5.74, 6) is -0.0752. The Labute approximate surface area is 124 Å². The van der Waals surface area contributed by atoms with Gasteiger partial charge in [0.1, 0.15) is 0 Å². The predicted octanol–water partition coefficient (Wildman–Crippen LogP) is 1.93. The third kappa shape index (κ3) is 3.14. The number of halogens is 1. The number of carbonyl (C=O) groups is 1. The van der Waals surface area contributed by atoms with E-state index in [2.05, 4.69) is 10.2 Å². The Kier molecular flexibility index (Phi) is 4.24. The Hall–Kier alpha value is -1.10. The normalized spacial score (nSPS) is 26.2. The van der Waals surface area contributed by atoms with Crippen molar-refractivity contribution in [3.8, 4) is 0 Å². The Morgan fingerprint density at radius 3 is 3.00 bits per heavy atom. The van der Waals surface area contributed by atoms with Gasteiger partial charge in [-0.25, -0.2) is 0 Å². The topological polar surface area (TPSA) is 41.6 Å². The molecule has 0 unspecified atom stereocenters. The monoisotopic (exact) mass is 294 g/mol. The minimum atomic E-state index is -0.0752. The van der Waals surface area contributed by atoms with Crippen molar-refractivity contribution in [2.45, 2.75) is 25.0 Å². The molecule has 0 bridgehead atoms. The van der Waals surface area contributed by atoms with Gasteiger partial charge in [-0.3, -0.25) is 9.69 Å². The minimum absolute atomic E-state index is 0.0752. The summed E-state index contributed by atoms with van der Waals surface area (Å²) in [5.41, 5.74) is 0.629. The van der Waals surface area contributed by atoms with Crippen LogP contribution in [0.3, 0.4) is 0 Å². The van der Waals surface area contributed by atoms with Gasteiger partial charge < -0.3 is 10.1 Å². The second kappa shape index (κ2) is 6.12. The zero-order valence-corrected chi connectivity index (χ0v) is 12.1. The van der Waals surface area contributed by atoms with Gasteiger partial charge in [0.15, 0.2) is 0 Å². The van der Waals surface area contributed by atoms with Crippen LogP contribution in [0, 0.1) is 0 Å². The molecule has 1 aromatic rings. The van der Waals surface area contributed by atoms with Crippen molar-refractivity contribution in [3.05, 3.63) is 34.9 Å². The zero-order valence-electron chi connectivity index (χ0n) is 11.3. The van der Waals surface area contributed by atoms with E-state index in [-0.39, 0.29) is 12.0 Å². The van der Waals surface area contributed by atoms with Crippen LogP contribution in [-0.2, 0) is 4.74 Å². The summed E-state index contributed by atoms with van der Waals surface area (Å²) in [6.07, 6.45) is 2.60. The van der Waals surface area contributed by atoms with Crippen LogP contribution in [0.15, 0.2) is 24.3 Å². The van der Waals surface area contributed by atoms with Gasteiger partial charge >= 0.3 is 0 Å². The van der Waals surface area contributed by atoms with Crippen LogP contribution in [0.5, 0.6) is 0 Å². The molecule has 4 nitrogen and oxygen atoms in total. The molecule has 2 fully saturated rings. The third-order valence-corrected chi connectivity index (χ3v) is 4.31. The number of nitrogens with zero attached hydrogens (tertiary/aromatic N) is 1. The highest BCUT2D eigenvalue weighted by atomic mass is 35.5. The second-order valence-electron chi connectivity index (χ2n) is 5.46. The highest BCUT2D eigenvalue weighted by Crippen LogP contribution is 2.22. The first-order valence-electron chi connectivity index (χ1n) is 7.12. The number of nitrogens with one attached hydrogen (secondary N) is 1. The molecule has 2 heterocycles. The highest BCUT2D eigenvalue weighted by molar-refractivity contribution is 6.30. The molecule has 2 aliphatic rings. The first kappa shape index (κ1) is 13.9. The summed E-state index contributed by atoms with van der Waals surface area (Å²) in [6, 6.07) is 7.51. The Balaban J connectivity index is 1.49. The van der Waals surface area contributed by atoms with Crippen LogP contribution in [-0.4, -0.2) is 49.2 Å². The van der Waals surface area contributed by atoms with Gasteiger partial charge in [-0.15, -0.1) is 0 Å². The number of amides is 1. The molecule has 2 atom stereocenters. The molecule has 20 heavy (non-hydrogen) atoms. The van der Waals surface area contributed by atoms with Gasteiger partial charge in [0.25, 0.3) is 5.91 Å². The van der Waals surface area contributed by atoms with Gasteiger partial charge in [0.2, 0.25) is 0 Å². The minimum Gasteiger partial charge on any atom is -0.373 e. The number of hydrogen-bond donors (Lipinski definition) is 1. The highest BCUT2D eigenvalue weighted by Gasteiger charge is 2.32. The molecule has 1 aromatic carbocycles. The summed E-state index contributed by atoms with van der Waals surface area (Å²) in [5, 5.41) is 3.57. The second-order valence-corrected chi connectivity index (χ2v) is 5.90. The summed E-state index contributed by atoms with van der Waals surface area (Å²) in [4.78, 5) is 14.5. The first-order valence-corrected chi connectivity index (χ1v) is 7.49. The molecule has 3 rings (SSSR count). The number of rotatable bonds is 3. The largest absolute Gasteiger partial charge is 0.373 e. The van der Waals surface area contributed by atoms with Crippen LogP contribution in [0.25, 0.3) is 0 Å². The van der Waals surface area contributed by atoms with Crippen molar-refractivity contribution in [1.29, 1.82) is 0 Å². The van der Waals surface area contributed by atoms with Crippen molar-refractivity contribution in [2.24, 2.45) is 0 Å². The maximum absolute atomic E-state index is 12.0. The van der Waals surface area contributed by atoms with Crippen molar-refractivity contribution in [2.75, 3.05) is 26.2 Å². The molecule has 0 saturated carbocycles. The van der Waals surface area contributed by atoms with Crippen LogP contribution in [0.1, 0.15) is 23.2 Å². The lowest BCUT2D eigenvalue weighted by Gasteiger charge is -2.35. The molecule has 2 saturated heterocycles. The summed E-state index contributed by atoms with van der Waals surface area (Å²) < 4.78 is 5.82. The SMILES string of the molecule is O=C(NC[C@@H]1CN2CCC[C@H]2CO1)c1ccc(Cl)cc1. The number of hydrogen-bond acceptors (Lipinski definition) is 3. The number of morpholine rings is 1. The quantitative estimate of drug-likeness (QED) is 0.926. The molecule has 1 N–H and O–H groups in total. The Morgan fingerprint density at radius 2 is 2.20 bits per heavy atom. The molecule has 1 amide bonds. The number of carbonyl (C=O) groups excluding carboxylic acids is 1. The molecule has 0 aliphatic carbocycles. The lowest BCUT2D eigenvalue weighted by molar-refractivity contribution is -0.0461. The molecule has 108 valence electrons.